The van der Waals surface area contributed by atoms with Crippen molar-refractivity contribution in [2.75, 3.05) is 0 Å². The lowest BCUT2D eigenvalue weighted by Gasteiger charge is -2.06. The first-order valence-corrected chi connectivity index (χ1v) is 7.18. The summed E-state index contributed by atoms with van der Waals surface area (Å²) in [6.07, 6.45) is -3.00. The highest BCUT2D eigenvalue weighted by molar-refractivity contribution is 7.22. The maximum atomic E-state index is 12.6. The third-order valence-electron chi connectivity index (χ3n) is 3.26. The Kier molecular flexibility index (Phi) is 3.48. The van der Waals surface area contributed by atoms with Crippen molar-refractivity contribution in [2.24, 2.45) is 5.73 Å². The molecular weight excluding hydrogens is 329 g/mol. The maximum absolute atomic E-state index is 12.6. The second-order valence-corrected chi connectivity index (χ2v) is 5.84. The van der Waals surface area contributed by atoms with Crippen LogP contribution in [0.1, 0.15) is 16.1 Å². The first kappa shape index (κ1) is 15.3. The Balaban J connectivity index is 2.07. The van der Waals surface area contributed by atoms with Crippen molar-refractivity contribution < 1.29 is 23.1 Å². The van der Waals surface area contributed by atoms with E-state index in [1.165, 1.54) is 18.3 Å². The quantitative estimate of drug-likeness (QED) is 0.746. The monoisotopic (exact) mass is 338 g/mol. The van der Waals surface area contributed by atoms with Crippen molar-refractivity contribution >= 4 is 27.3 Å². The molecule has 3 N–H and O–H groups in total. The first-order chi connectivity index (χ1) is 10.8. The molecule has 0 unspecified atom stereocenters. The largest absolute Gasteiger partial charge is 0.504 e. The number of amides is 1. The third kappa shape index (κ3) is 2.72. The van der Waals surface area contributed by atoms with Crippen LogP contribution in [0.25, 0.3) is 20.5 Å². The molecule has 4 nitrogen and oxygen atoms in total. The number of halogens is 3. The molecule has 0 radical (unpaired) electrons. The zero-order valence-corrected chi connectivity index (χ0v) is 12.2. The van der Waals surface area contributed by atoms with Crippen LogP contribution in [-0.2, 0) is 6.18 Å². The summed E-state index contributed by atoms with van der Waals surface area (Å²) in [5.74, 6) is -1.17. The summed E-state index contributed by atoms with van der Waals surface area (Å²) in [5, 5.41) is 10.6. The van der Waals surface area contributed by atoms with E-state index >= 15 is 0 Å². The van der Waals surface area contributed by atoms with Crippen molar-refractivity contribution in [2.45, 2.75) is 6.18 Å². The number of hydrogen-bond acceptors (Lipinski definition) is 4. The minimum Gasteiger partial charge on any atom is -0.504 e. The molecule has 0 bridgehead atoms. The number of aromatic nitrogens is 1. The summed E-state index contributed by atoms with van der Waals surface area (Å²) < 4.78 is 38.1. The van der Waals surface area contributed by atoms with E-state index in [4.69, 9.17) is 5.73 Å². The molecule has 2 heterocycles. The Bertz CT molecular complexity index is 901. The summed E-state index contributed by atoms with van der Waals surface area (Å²) in [6, 6.07) is 6.37. The molecule has 2 aromatic heterocycles. The number of thiophene rings is 1. The fourth-order valence-electron chi connectivity index (χ4n) is 2.13. The highest BCUT2D eigenvalue weighted by Gasteiger charge is 2.30. The van der Waals surface area contributed by atoms with Gasteiger partial charge in [0.05, 0.1) is 10.3 Å². The van der Waals surface area contributed by atoms with Gasteiger partial charge in [-0.25, -0.2) is 4.98 Å². The SMILES string of the molecule is NC(=O)c1ncc2cc(-c3ccc(C(F)(F)F)cc3)sc2c1O. The standard InChI is InChI=1S/C15H9F3N2O2S/c16-15(17,18)9-3-1-7(2-4-9)10-5-8-6-20-11(14(19)22)12(21)13(8)23-10/h1-6,21H,(H2,19,22). The van der Waals surface area contributed by atoms with Crippen molar-refractivity contribution in [1.29, 1.82) is 0 Å². The van der Waals surface area contributed by atoms with Gasteiger partial charge in [0.2, 0.25) is 0 Å². The van der Waals surface area contributed by atoms with Gasteiger partial charge in [-0.1, -0.05) is 12.1 Å². The van der Waals surface area contributed by atoms with Gasteiger partial charge in [-0.3, -0.25) is 4.79 Å². The molecule has 3 rings (SSSR count). The van der Waals surface area contributed by atoms with Gasteiger partial charge in [0.1, 0.15) is 0 Å². The number of alkyl halides is 3. The lowest BCUT2D eigenvalue weighted by Crippen LogP contribution is -2.12. The van der Waals surface area contributed by atoms with E-state index in [1.807, 2.05) is 0 Å². The van der Waals surface area contributed by atoms with E-state index < -0.39 is 17.6 Å². The van der Waals surface area contributed by atoms with Crippen molar-refractivity contribution in [3.63, 3.8) is 0 Å². The number of nitrogens with zero attached hydrogens (tertiary/aromatic N) is 1. The fourth-order valence-corrected chi connectivity index (χ4v) is 3.22. The van der Waals surface area contributed by atoms with Gasteiger partial charge in [-0.2, -0.15) is 13.2 Å². The van der Waals surface area contributed by atoms with Crippen molar-refractivity contribution in [1.82, 2.24) is 4.98 Å². The number of carbonyl (C=O) groups excluding carboxylic acids is 1. The Labute approximate surface area is 132 Å². The lowest BCUT2D eigenvalue weighted by molar-refractivity contribution is -0.137. The number of benzene rings is 1. The Morgan fingerprint density at radius 1 is 1.22 bits per heavy atom. The third-order valence-corrected chi connectivity index (χ3v) is 4.47. The summed E-state index contributed by atoms with van der Waals surface area (Å²) in [4.78, 5) is 15.6. The number of primary amides is 1. The molecule has 0 atom stereocenters. The molecule has 0 aliphatic carbocycles. The van der Waals surface area contributed by atoms with Gasteiger partial charge in [-0.15, -0.1) is 11.3 Å². The Morgan fingerprint density at radius 2 is 1.87 bits per heavy atom. The summed E-state index contributed by atoms with van der Waals surface area (Å²) in [7, 11) is 0. The minimum absolute atomic E-state index is 0.238. The predicted octanol–water partition coefficient (Wildman–Crippen LogP) is 3.79. The van der Waals surface area contributed by atoms with Crippen molar-refractivity contribution in [3.05, 3.63) is 47.8 Å². The smallest absolute Gasteiger partial charge is 0.416 e. The predicted molar refractivity (Wildman–Crippen MR) is 80.2 cm³/mol. The Hall–Kier alpha value is -2.61. The highest BCUT2D eigenvalue weighted by atomic mass is 32.1. The van der Waals surface area contributed by atoms with Crippen LogP contribution < -0.4 is 5.73 Å². The summed E-state index contributed by atoms with van der Waals surface area (Å²) >= 11 is 1.14. The van der Waals surface area contributed by atoms with Gasteiger partial charge in [0, 0.05) is 16.5 Å². The van der Waals surface area contributed by atoms with Crippen LogP contribution in [0.15, 0.2) is 36.5 Å². The van der Waals surface area contributed by atoms with Crippen LogP contribution in [0.3, 0.4) is 0 Å². The number of carbonyl (C=O) groups is 1. The molecule has 0 saturated heterocycles. The van der Waals surface area contributed by atoms with Crippen LogP contribution in [0, 0.1) is 0 Å². The highest BCUT2D eigenvalue weighted by Crippen LogP contribution is 2.39. The summed E-state index contributed by atoms with van der Waals surface area (Å²) in [6.45, 7) is 0. The molecule has 1 aromatic carbocycles. The molecule has 118 valence electrons. The summed E-state index contributed by atoms with van der Waals surface area (Å²) in [5.41, 5.74) is 4.72. The molecule has 23 heavy (non-hydrogen) atoms. The number of nitrogens with two attached hydrogens (primary N) is 1. The average Bonchev–Trinajstić information content (AvgIpc) is 2.91. The zero-order chi connectivity index (χ0) is 16.8. The lowest BCUT2D eigenvalue weighted by atomic mass is 10.1. The molecular formula is C15H9F3N2O2S. The average molecular weight is 338 g/mol. The Morgan fingerprint density at radius 3 is 2.43 bits per heavy atom. The van der Waals surface area contributed by atoms with E-state index in [-0.39, 0.29) is 11.4 Å². The molecule has 1 amide bonds. The minimum atomic E-state index is -4.39. The van der Waals surface area contributed by atoms with Gasteiger partial charge in [-0.05, 0) is 23.8 Å². The number of pyridine rings is 1. The molecule has 8 heteroatoms. The van der Waals surface area contributed by atoms with E-state index in [2.05, 4.69) is 4.98 Å². The van der Waals surface area contributed by atoms with E-state index in [0.29, 0.717) is 20.5 Å². The number of rotatable bonds is 2. The number of hydrogen-bond donors (Lipinski definition) is 2. The van der Waals surface area contributed by atoms with E-state index in [1.54, 1.807) is 6.07 Å². The molecule has 0 aliphatic heterocycles. The van der Waals surface area contributed by atoms with Crippen molar-refractivity contribution in [3.8, 4) is 16.2 Å². The van der Waals surface area contributed by atoms with Gasteiger partial charge >= 0.3 is 6.18 Å². The van der Waals surface area contributed by atoms with E-state index in [9.17, 15) is 23.1 Å². The van der Waals surface area contributed by atoms with Gasteiger partial charge < -0.3 is 10.8 Å². The topological polar surface area (TPSA) is 76.2 Å². The van der Waals surface area contributed by atoms with Crippen LogP contribution >= 0.6 is 11.3 Å². The molecule has 0 spiro atoms. The van der Waals surface area contributed by atoms with Crippen LogP contribution in [0.5, 0.6) is 5.75 Å². The van der Waals surface area contributed by atoms with E-state index in [0.717, 1.165) is 23.5 Å². The van der Waals surface area contributed by atoms with Gasteiger partial charge in [0.25, 0.3) is 5.91 Å². The molecule has 0 saturated carbocycles. The molecule has 3 aromatic rings. The normalized spacial score (nSPS) is 11.8. The van der Waals surface area contributed by atoms with Crippen LogP contribution in [0.4, 0.5) is 13.2 Å². The molecule has 0 fully saturated rings. The first-order valence-electron chi connectivity index (χ1n) is 6.36. The second kappa shape index (κ2) is 5.24. The van der Waals surface area contributed by atoms with Gasteiger partial charge in [0.15, 0.2) is 11.4 Å². The second-order valence-electron chi connectivity index (χ2n) is 4.79. The molecule has 0 aliphatic rings. The number of aromatic hydroxyl groups is 1. The fraction of sp³-hybridized carbons (Fsp3) is 0.0667. The zero-order valence-electron chi connectivity index (χ0n) is 11.4. The van der Waals surface area contributed by atoms with Crippen LogP contribution in [0.2, 0.25) is 0 Å². The van der Waals surface area contributed by atoms with Crippen LogP contribution in [-0.4, -0.2) is 16.0 Å². The number of fused-ring (bicyclic) bond motifs is 1. The maximum Gasteiger partial charge on any atom is 0.416 e.